The van der Waals surface area contributed by atoms with E-state index in [4.69, 9.17) is 16.7 Å². The Morgan fingerprint density at radius 3 is 2.64 bits per heavy atom. The fourth-order valence-electron chi connectivity index (χ4n) is 3.02. The number of ketones is 1. The molecule has 0 amide bonds. The third-order valence-corrected chi connectivity index (χ3v) is 4.59. The largest absolute Gasteiger partial charge is 0.389 e. The summed E-state index contributed by atoms with van der Waals surface area (Å²) in [5.74, 6) is -0.637. The van der Waals surface area contributed by atoms with Gasteiger partial charge >= 0.3 is 0 Å². The van der Waals surface area contributed by atoms with Crippen LogP contribution in [0.3, 0.4) is 0 Å². The van der Waals surface area contributed by atoms with Gasteiger partial charge in [0.05, 0.1) is 5.02 Å². The Morgan fingerprint density at radius 1 is 1.18 bits per heavy atom. The molecule has 2 aromatic carbocycles. The highest BCUT2D eigenvalue weighted by molar-refractivity contribution is 6.31. The van der Waals surface area contributed by atoms with Gasteiger partial charge < -0.3 is 5.11 Å². The van der Waals surface area contributed by atoms with E-state index in [1.54, 1.807) is 12.1 Å². The lowest BCUT2D eigenvalue weighted by Crippen LogP contribution is -2.24. The first kappa shape index (κ1) is 15.2. The molecule has 0 spiro atoms. The van der Waals surface area contributed by atoms with Crippen molar-refractivity contribution in [3.63, 3.8) is 0 Å². The van der Waals surface area contributed by atoms with Gasteiger partial charge in [-0.25, -0.2) is 4.39 Å². The minimum absolute atomic E-state index is 0.0964. The third-order valence-electron chi connectivity index (χ3n) is 4.30. The zero-order valence-corrected chi connectivity index (χ0v) is 12.7. The first-order valence-corrected chi connectivity index (χ1v) is 7.67. The number of hydrogen-bond acceptors (Lipinski definition) is 2. The lowest BCUT2D eigenvalue weighted by Gasteiger charge is -2.23. The molecule has 1 unspecified atom stereocenters. The molecule has 0 heterocycles. The Morgan fingerprint density at radius 2 is 1.91 bits per heavy atom. The van der Waals surface area contributed by atoms with Gasteiger partial charge in [-0.2, -0.15) is 0 Å². The Bertz CT molecular complexity index is 727. The summed E-state index contributed by atoms with van der Waals surface area (Å²) in [6.45, 7) is -0.396. The van der Waals surface area contributed by atoms with Gasteiger partial charge in [-0.3, -0.25) is 4.79 Å². The molecule has 0 radical (unpaired) electrons. The van der Waals surface area contributed by atoms with Crippen molar-refractivity contribution < 1.29 is 14.3 Å². The van der Waals surface area contributed by atoms with Gasteiger partial charge in [0.15, 0.2) is 5.78 Å². The van der Waals surface area contributed by atoms with Crippen LogP contribution in [0, 0.1) is 11.7 Å². The molecule has 2 nitrogen and oxygen atoms in total. The number of rotatable bonds is 3. The number of halogens is 2. The van der Waals surface area contributed by atoms with Crippen molar-refractivity contribution in [1.29, 1.82) is 0 Å². The lowest BCUT2D eigenvalue weighted by molar-refractivity contribution is -0.125. The molecule has 1 atom stereocenters. The topological polar surface area (TPSA) is 37.3 Å². The van der Waals surface area contributed by atoms with E-state index in [-0.39, 0.29) is 16.7 Å². The van der Waals surface area contributed by atoms with Crippen LogP contribution in [0.5, 0.6) is 0 Å². The quantitative estimate of drug-likeness (QED) is 0.934. The van der Waals surface area contributed by atoms with E-state index < -0.39 is 12.4 Å². The molecular weight excluding hydrogens is 303 g/mol. The average Bonchev–Trinajstić information content (AvgIpc) is 2.55. The maximum Gasteiger partial charge on any atom is 0.161 e. The summed E-state index contributed by atoms with van der Waals surface area (Å²) < 4.78 is 13.3. The first-order chi connectivity index (χ1) is 10.6. The molecule has 0 saturated carbocycles. The first-order valence-electron chi connectivity index (χ1n) is 7.29. The zero-order valence-electron chi connectivity index (χ0n) is 12.0. The predicted molar refractivity (Wildman–Crippen MR) is 84.5 cm³/mol. The highest BCUT2D eigenvalue weighted by atomic mass is 35.5. The Kier molecular flexibility index (Phi) is 4.27. The van der Waals surface area contributed by atoms with E-state index in [1.165, 1.54) is 11.6 Å². The second-order valence-corrected chi connectivity index (χ2v) is 6.08. The maximum absolute atomic E-state index is 13.3. The fourth-order valence-corrected chi connectivity index (χ4v) is 3.20. The van der Waals surface area contributed by atoms with Crippen LogP contribution in [0.1, 0.15) is 17.5 Å². The molecule has 2 aromatic rings. The summed E-state index contributed by atoms with van der Waals surface area (Å²) >= 11 is 5.84. The Hall–Kier alpha value is -1.71. The van der Waals surface area contributed by atoms with Crippen LogP contribution >= 0.6 is 11.6 Å². The molecule has 3 rings (SSSR count). The van der Waals surface area contributed by atoms with E-state index >= 15 is 0 Å². The second-order valence-electron chi connectivity index (χ2n) is 5.68. The summed E-state index contributed by atoms with van der Waals surface area (Å²) in [5.41, 5.74) is 4.16. The van der Waals surface area contributed by atoms with E-state index in [2.05, 4.69) is 6.07 Å². The van der Waals surface area contributed by atoms with E-state index in [9.17, 15) is 9.18 Å². The summed E-state index contributed by atoms with van der Waals surface area (Å²) in [5, 5.41) is 9.12. The van der Waals surface area contributed by atoms with Crippen LogP contribution in [0.15, 0.2) is 36.4 Å². The van der Waals surface area contributed by atoms with Gasteiger partial charge in [0.25, 0.3) is 0 Å². The van der Waals surface area contributed by atoms with Crippen molar-refractivity contribution in [2.45, 2.75) is 19.3 Å². The maximum atomic E-state index is 13.3. The lowest BCUT2D eigenvalue weighted by atomic mass is 9.81. The number of fused-ring (bicyclic) bond motifs is 1. The number of aliphatic hydroxyl groups is 1. The molecule has 1 N–H and O–H groups in total. The summed E-state index contributed by atoms with van der Waals surface area (Å²) in [7, 11) is 0. The van der Waals surface area contributed by atoms with Crippen molar-refractivity contribution >= 4 is 17.4 Å². The zero-order chi connectivity index (χ0) is 15.7. The smallest absolute Gasteiger partial charge is 0.161 e. The highest BCUT2D eigenvalue weighted by Gasteiger charge is 2.24. The molecule has 22 heavy (non-hydrogen) atoms. The van der Waals surface area contributed by atoms with Crippen molar-refractivity contribution in [2.75, 3.05) is 6.61 Å². The summed E-state index contributed by atoms with van der Waals surface area (Å²) in [4.78, 5) is 11.7. The van der Waals surface area contributed by atoms with E-state index in [0.29, 0.717) is 6.42 Å². The normalized spacial score (nSPS) is 17.1. The minimum Gasteiger partial charge on any atom is -0.389 e. The van der Waals surface area contributed by atoms with Gasteiger partial charge in [0, 0.05) is 5.92 Å². The molecule has 0 fully saturated rings. The summed E-state index contributed by atoms with van der Waals surface area (Å²) in [6.07, 6.45) is 2.28. The number of benzene rings is 2. The van der Waals surface area contributed by atoms with Crippen LogP contribution < -0.4 is 0 Å². The average molecular weight is 319 g/mol. The number of aryl methyl sites for hydroxylation is 1. The van der Waals surface area contributed by atoms with E-state index in [0.717, 1.165) is 29.5 Å². The molecule has 1 aliphatic rings. The van der Waals surface area contributed by atoms with Gasteiger partial charge in [0.1, 0.15) is 12.4 Å². The van der Waals surface area contributed by atoms with Crippen LogP contribution in [0.4, 0.5) is 4.39 Å². The number of carbonyl (C=O) groups excluding carboxylic acids is 1. The number of carbonyl (C=O) groups is 1. The molecule has 4 heteroatoms. The molecule has 0 aromatic heterocycles. The van der Waals surface area contributed by atoms with Crippen molar-refractivity contribution in [3.8, 4) is 11.1 Å². The number of aliphatic hydroxyl groups excluding tert-OH is 1. The molecule has 0 aliphatic heterocycles. The van der Waals surface area contributed by atoms with Gasteiger partial charge in [-0.1, -0.05) is 35.9 Å². The van der Waals surface area contributed by atoms with Crippen LogP contribution in [0.2, 0.25) is 5.02 Å². The molecule has 0 saturated heterocycles. The van der Waals surface area contributed by atoms with Gasteiger partial charge in [-0.15, -0.1) is 0 Å². The monoisotopic (exact) mass is 318 g/mol. The van der Waals surface area contributed by atoms with Crippen LogP contribution in [-0.2, 0) is 17.6 Å². The van der Waals surface area contributed by atoms with E-state index in [1.807, 2.05) is 12.1 Å². The standard InChI is InChI=1S/C18H16ClFO2/c19-16-9-13(5-6-17(16)20)12-3-1-11-2-4-14(18(22)10-21)8-15(11)7-12/h1,3,5-7,9,14,21H,2,4,8,10H2. The Labute approximate surface area is 133 Å². The van der Waals surface area contributed by atoms with Crippen molar-refractivity contribution in [1.82, 2.24) is 0 Å². The van der Waals surface area contributed by atoms with Crippen molar-refractivity contribution in [3.05, 3.63) is 58.4 Å². The van der Waals surface area contributed by atoms with Gasteiger partial charge in [0.2, 0.25) is 0 Å². The molecule has 0 bridgehead atoms. The van der Waals surface area contributed by atoms with Crippen LogP contribution in [-0.4, -0.2) is 17.5 Å². The second kappa shape index (κ2) is 6.19. The van der Waals surface area contributed by atoms with Crippen molar-refractivity contribution in [2.24, 2.45) is 5.92 Å². The SMILES string of the molecule is O=C(CO)C1CCc2ccc(-c3ccc(F)c(Cl)c3)cc2C1. The number of Topliss-reactive ketones (excluding diaryl/α,β-unsaturated/α-hetero) is 1. The number of hydrogen-bond donors (Lipinski definition) is 1. The molecule has 1 aliphatic carbocycles. The minimum atomic E-state index is -0.433. The third kappa shape index (κ3) is 2.92. The van der Waals surface area contributed by atoms with Crippen LogP contribution in [0.25, 0.3) is 11.1 Å². The van der Waals surface area contributed by atoms with Gasteiger partial charge in [-0.05, 0) is 53.6 Å². The molecular formula is C18H16ClFO2. The molecule has 114 valence electrons. The summed E-state index contributed by atoms with van der Waals surface area (Å²) in [6, 6.07) is 10.8. The fraction of sp³-hybridized carbons (Fsp3) is 0.278. The predicted octanol–water partition coefficient (Wildman–Crippen LogP) is 3.81. The Balaban J connectivity index is 1.93. The highest BCUT2D eigenvalue weighted by Crippen LogP contribution is 2.31.